The maximum absolute atomic E-state index is 14.5. The Hall–Kier alpha value is -2.85. The summed E-state index contributed by atoms with van der Waals surface area (Å²) in [6, 6.07) is 21.7. The summed E-state index contributed by atoms with van der Waals surface area (Å²) in [6.45, 7) is 23.5. The average molecular weight is 883 g/mol. The number of benzene rings is 3. The highest BCUT2D eigenvalue weighted by Gasteiger charge is 2.47. The molecule has 5 rings (SSSR count). The van der Waals surface area contributed by atoms with Crippen LogP contribution in [0.3, 0.4) is 0 Å². The number of piperidine rings is 1. The van der Waals surface area contributed by atoms with Gasteiger partial charge in [-0.05, 0) is 84.3 Å². The van der Waals surface area contributed by atoms with Crippen molar-refractivity contribution in [2.75, 3.05) is 78.3 Å². The molecule has 0 bridgehead atoms. The topological polar surface area (TPSA) is 105 Å². The summed E-state index contributed by atoms with van der Waals surface area (Å²) in [7, 11) is -2.61. The van der Waals surface area contributed by atoms with Crippen molar-refractivity contribution in [3.8, 4) is 5.75 Å². The van der Waals surface area contributed by atoms with E-state index in [2.05, 4.69) is 83.7 Å². The third-order valence-corrected chi connectivity index (χ3v) is 20.6. The standard InChI is InChI=1S/C48H74N2O9SSi/c1-35(2)61(36(3)4,37(5)6)59-39(8)22-26-56-46-31-50(60(51,52)43-19-12-38(7)13-20-43)32-47(48(46)42-17-14-40(15-18-42)33-55-29-28-54-10)58-34-41-16-21-45-44(30-41)49(24-27-57-45)23-11-25-53-9/h12-21,30,35-37,39,46-48H,11,22-29,31-34H2,1-10H3/t39-,46+,47-,48-/m0/s1. The molecule has 61 heavy (non-hydrogen) atoms. The molecule has 0 radical (unpaired) electrons. The van der Waals surface area contributed by atoms with Crippen LogP contribution in [0.2, 0.25) is 16.6 Å². The maximum atomic E-state index is 14.5. The lowest BCUT2D eigenvalue weighted by atomic mass is 9.85. The molecule has 0 aromatic heterocycles. The molecule has 2 heterocycles. The Balaban J connectivity index is 1.46. The number of anilines is 1. The molecular formula is C48H74N2O9SSi. The highest BCUT2D eigenvalue weighted by molar-refractivity contribution is 7.89. The molecule has 2 aliphatic rings. The fourth-order valence-corrected chi connectivity index (χ4v) is 16.4. The van der Waals surface area contributed by atoms with Crippen LogP contribution in [0.25, 0.3) is 0 Å². The number of hydrogen-bond donors (Lipinski definition) is 0. The van der Waals surface area contributed by atoms with Crippen molar-refractivity contribution >= 4 is 24.0 Å². The first kappa shape index (κ1) is 49.2. The Kier molecular flexibility index (Phi) is 18.7. The number of fused-ring (bicyclic) bond motifs is 1. The minimum Gasteiger partial charge on any atom is -0.490 e. The van der Waals surface area contributed by atoms with Crippen molar-refractivity contribution in [1.29, 1.82) is 0 Å². The van der Waals surface area contributed by atoms with E-state index in [1.54, 1.807) is 30.7 Å². The van der Waals surface area contributed by atoms with Crippen LogP contribution in [0.4, 0.5) is 5.69 Å². The van der Waals surface area contributed by atoms with Crippen LogP contribution < -0.4 is 9.64 Å². The first-order chi connectivity index (χ1) is 29.2. The smallest absolute Gasteiger partial charge is 0.243 e. The molecule has 0 unspecified atom stereocenters. The van der Waals surface area contributed by atoms with E-state index in [9.17, 15) is 8.42 Å². The van der Waals surface area contributed by atoms with Gasteiger partial charge in [0.05, 0.1) is 55.8 Å². The van der Waals surface area contributed by atoms with E-state index < -0.39 is 30.5 Å². The molecule has 340 valence electrons. The van der Waals surface area contributed by atoms with Gasteiger partial charge in [-0.1, -0.05) is 89.6 Å². The molecule has 1 saturated heterocycles. The summed E-state index contributed by atoms with van der Waals surface area (Å²) in [5, 5.41) is 0. The largest absolute Gasteiger partial charge is 0.490 e. The molecule has 4 atom stereocenters. The van der Waals surface area contributed by atoms with E-state index in [0.29, 0.717) is 62.7 Å². The lowest BCUT2D eigenvalue weighted by Crippen LogP contribution is -2.54. The van der Waals surface area contributed by atoms with Crippen molar-refractivity contribution in [2.45, 2.75) is 127 Å². The van der Waals surface area contributed by atoms with E-state index in [-0.39, 0.29) is 36.6 Å². The number of rotatable bonds is 24. The van der Waals surface area contributed by atoms with E-state index in [1.165, 1.54) is 0 Å². The molecule has 1 fully saturated rings. The third kappa shape index (κ3) is 12.7. The minimum absolute atomic E-state index is 0.0141. The van der Waals surface area contributed by atoms with Gasteiger partial charge in [0.25, 0.3) is 0 Å². The van der Waals surface area contributed by atoms with Gasteiger partial charge in [-0.25, -0.2) is 8.42 Å². The summed E-state index contributed by atoms with van der Waals surface area (Å²) in [4.78, 5) is 2.60. The second-order valence-corrected chi connectivity index (χ2v) is 25.1. The van der Waals surface area contributed by atoms with E-state index >= 15 is 0 Å². The maximum Gasteiger partial charge on any atom is 0.243 e. The molecule has 3 aromatic carbocycles. The van der Waals surface area contributed by atoms with Gasteiger partial charge in [0, 0.05) is 59.1 Å². The number of hydrogen-bond acceptors (Lipinski definition) is 10. The van der Waals surface area contributed by atoms with Crippen LogP contribution in [-0.4, -0.2) is 113 Å². The van der Waals surface area contributed by atoms with Crippen LogP contribution in [0.1, 0.15) is 89.5 Å². The van der Waals surface area contributed by atoms with Crippen LogP contribution in [0.15, 0.2) is 71.6 Å². The Bertz CT molecular complexity index is 1850. The Morgan fingerprint density at radius 1 is 0.754 bits per heavy atom. The lowest BCUT2D eigenvalue weighted by molar-refractivity contribution is -0.0818. The first-order valence-corrected chi connectivity index (χ1v) is 25.9. The summed E-state index contributed by atoms with van der Waals surface area (Å²) in [5.74, 6) is 0.595. The van der Waals surface area contributed by atoms with E-state index in [0.717, 1.165) is 53.2 Å². The second kappa shape index (κ2) is 23.2. The Morgan fingerprint density at radius 2 is 1.39 bits per heavy atom. The Labute approximate surface area is 368 Å². The molecule has 0 amide bonds. The molecule has 0 aliphatic carbocycles. The van der Waals surface area contributed by atoms with Gasteiger partial charge in [0.1, 0.15) is 12.4 Å². The molecule has 0 saturated carbocycles. The van der Waals surface area contributed by atoms with Gasteiger partial charge in [-0.3, -0.25) is 0 Å². The summed E-state index contributed by atoms with van der Waals surface area (Å²) < 4.78 is 73.8. The number of sulfonamides is 1. The van der Waals surface area contributed by atoms with Crippen molar-refractivity contribution < 1.29 is 41.3 Å². The molecule has 2 aliphatic heterocycles. The van der Waals surface area contributed by atoms with Gasteiger partial charge in [-0.15, -0.1) is 0 Å². The van der Waals surface area contributed by atoms with Gasteiger partial charge < -0.3 is 37.7 Å². The molecule has 11 nitrogen and oxygen atoms in total. The van der Waals surface area contributed by atoms with Gasteiger partial charge >= 0.3 is 0 Å². The normalized spacial score (nSPS) is 19.4. The highest BCUT2D eigenvalue weighted by Crippen LogP contribution is 2.43. The zero-order valence-corrected chi connectivity index (χ0v) is 40.4. The lowest BCUT2D eigenvalue weighted by Gasteiger charge is -2.44. The molecule has 0 N–H and O–H groups in total. The average Bonchev–Trinajstić information content (AvgIpc) is 3.23. The monoisotopic (exact) mass is 882 g/mol. The van der Waals surface area contributed by atoms with Crippen molar-refractivity contribution in [1.82, 2.24) is 4.31 Å². The number of nitrogens with zero attached hydrogens (tertiary/aromatic N) is 2. The molecular weight excluding hydrogens is 809 g/mol. The SMILES string of the molecule is COCCCN1CCOc2ccc(CO[C@H]3CN(S(=O)(=O)c4ccc(C)cc4)C[C@@H](OCC[C@H](C)O[Si](C(C)C)(C(C)C)C(C)C)[C@@H]3c3ccc(COCCOC)cc3)cc21. The van der Waals surface area contributed by atoms with Crippen LogP contribution in [0, 0.1) is 6.92 Å². The van der Waals surface area contributed by atoms with Crippen molar-refractivity contribution in [3.05, 3.63) is 89.0 Å². The number of ether oxygens (including phenoxy) is 6. The summed E-state index contributed by atoms with van der Waals surface area (Å²) in [6.07, 6.45) is 0.567. The van der Waals surface area contributed by atoms with Gasteiger partial charge in [0.2, 0.25) is 18.3 Å². The second-order valence-electron chi connectivity index (χ2n) is 17.7. The summed E-state index contributed by atoms with van der Waals surface area (Å²) in [5.41, 5.74) is 6.48. The third-order valence-electron chi connectivity index (χ3n) is 12.5. The van der Waals surface area contributed by atoms with E-state index in [4.69, 9.17) is 32.8 Å². The minimum atomic E-state index is -3.89. The molecule has 13 heteroatoms. The van der Waals surface area contributed by atoms with E-state index in [1.807, 2.05) is 31.2 Å². The van der Waals surface area contributed by atoms with Crippen LogP contribution in [0.5, 0.6) is 5.75 Å². The molecule has 3 aromatic rings. The van der Waals surface area contributed by atoms with Crippen LogP contribution in [-0.2, 0) is 51.3 Å². The highest BCUT2D eigenvalue weighted by atomic mass is 32.2. The quantitative estimate of drug-likeness (QED) is 0.0640. The van der Waals surface area contributed by atoms with Crippen LogP contribution >= 0.6 is 0 Å². The predicted molar refractivity (Wildman–Crippen MR) is 246 cm³/mol. The zero-order chi connectivity index (χ0) is 44.2. The predicted octanol–water partition coefficient (Wildman–Crippen LogP) is 9.12. The van der Waals surface area contributed by atoms with Gasteiger partial charge in [-0.2, -0.15) is 4.31 Å². The fourth-order valence-electron chi connectivity index (χ4n) is 9.35. The number of aryl methyl sites for hydroxylation is 1. The number of methoxy groups -OCH3 is 2. The fraction of sp³-hybridized carbons (Fsp3) is 0.625. The first-order valence-electron chi connectivity index (χ1n) is 22.3. The van der Waals surface area contributed by atoms with Gasteiger partial charge in [0.15, 0.2) is 0 Å². The summed E-state index contributed by atoms with van der Waals surface area (Å²) >= 11 is 0. The molecule has 0 spiro atoms. The van der Waals surface area contributed by atoms with Crippen molar-refractivity contribution in [2.24, 2.45) is 0 Å². The zero-order valence-electron chi connectivity index (χ0n) is 38.6. The van der Waals surface area contributed by atoms with Crippen molar-refractivity contribution in [3.63, 3.8) is 0 Å². The Morgan fingerprint density at radius 3 is 2.03 bits per heavy atom.